The van der Waals surface area contributed by atoms with Gasteiger partial charge < -0.3 is 4.55 Å². The van der Waals surface area contributed by atoms with Crippen LogP contribution in [-0.4, -0.2) is 25.9 Å². The Morgan fingerprint density at radius 2 is 1.58 bits per heavy atom. The number of hydrogen-bond acceptors (Lipinski definition) is 5. The molecule has 0 aromatic heterocycles. The molecule has 0 aliphatic rings. The minimum atomic E-state index is -4.84. The molecule has 2 rings (SSSR count). The second-order valence-electron chi connectivity index (χ2n) is 3.57. The van der Waals surface area contributed by atoms with E-state index in [0.29, 0.717) is 6.07 Å². The standard InChI is InChI=1S/C10H8O6S2.K/c11-17(12,13)8-5-7-3-1-2-4-9(7)10(6-8)18(14,15)16;/h1-6H,(H,11,12,13)(H,14,15,16);/q;+1/p-1. The Labute approximate surface area is 152 Å². The van der Waals surface area contributed by atoms with E-state index in [1.807, 2.05) is 0 Å². The molecule has 0 spiro atoms. The summed E-state index contributed by atoms with van der Waals surface area (Å²) >= 11 is 0. The molecule has 2 aromatic rings. The minimum absolute atomic E-state index is 0. The Bertz CT molecular complexity index is 826. The maximum Gasteiger partial charge on any atom is 1.00 e. The van der Waals surface area contributed by atoms with E-state index >= 15 is 0 Å². The summed E-state index contributed by atoms with van der Waals surface area (Å²) in [4.78, 5) is -1.30. The molecule has 6 nitrogen and oxygen atoms in total. The van der Waals surface area contributed by atoms with Gasteiger partial charge in [-0.1, -0.05) is 24.3 Å². The van der Waals surface area contributed by atoms with Crippen molar-refractivity contribution in [3.05, 3.63) is 36.4 Å². The first kappa shape index (κ1) is 17.2. The number of fused-ring (bicyclic) bond motifs is 1. The van der Waals surface area contributed by atoms with Crippen LogP contribution in [0.5, 0.6) is 0 Å². The summed E-state index contributed by atoms with van der Waals surface area (Å²) in [7, 11) is -9.42. The first-order chi connectivity index (χ1) is 8.19. The molecule has 0 amide bonds. The van der Waals surface area contributed by atoms with Crippen LogP contribution in [0.2, 0.25) is 0 Å². The molecule has 0 saturated carbocycles. The van der Waals surface area contributed by atoms with Crippen LogP contribution in [0, 0.1) is 0 Å². The fourth-order valence-corrected chi connectivity index (χ4v) is 2.95. The predicted octanol–water partition coefficient (Wildman–Crippen LogP) is -2.01. The van der Waals surface area contributed by atoms with Crippen LogP contribution in [0.25, 0.3) is 10.8 Å². The van der Waals surface area contributed by atoms with E-state index in [1.165, 1.54) is 18.2 Å². The van der Waals surface area contributed by atoms with E-state index in [9.17, 15) is 21.4 Å². The van der Waals surface area contributed by atoms with Crippen LogP contribution in [0.1, 0.15) is 0 Å². The summed E-state index contributed by atoms with van der Waals surface area (Å²) < 4.78 is 64.2. The van der Waals surface area contributed by atoms with Crippen LogP contribution in [-0.2, 0) is 20.2 Å². The topological polar surface area (TPSA) is 112 Å². The van der Waals surface area contributed by atoms with E-state index in [-0.39, 0.29) is 62.2 Å². The molecule has 2 aromatic carbocycles. The summed E-state index contributed by atoms with van der Waals surface area (Å²) in [6.45, 7) is 0. The van der Waals surface area contributed by atoms with Gasteiger partial charge >= 0.3 is 51.4 Å². The molecule has 0 saturated heterocycles. The quantitative estimate of drug-likeness (QED) is 0.504. The molecule has 0 aliphatic carbocycles. The van der Waals surface area contributed by atoms with Gasteiger partial charge in [0.25, 0.3) is 10.1 Å². The van der Waals surface area contributed by atoms with Crippen molar-refractivity contribution in [3.8, 4) is 0 Å². The zero-order chi connectivity index (χ0) is 13.6. The van der Waals surface area contributed by atoms with Crippen LogP contribution in [0.3, 0.4) is 0 Å². The molecule has 0 atom stereocenters. The molecule has 0 fully saturated rings. The van der Waals surface area contributed by atoms with Crippen molar-refractivity contribution in [2.45, 2.75) is 9.79 Å². The second-order valence-corrected chi connectivity index (χ2v) is 6.34. The van der Waals surface area contributed by atoms with Gasteiger partial charge in [-0.05, 0) is 22.9 Å². The molecule has 9 heteroatoms. The predicted molar refractivity (Wildman–Crippen MR) is 61.7 cm³/mol. The maximum atomic E-state index is 11.1. The summed E-state index contributed by atoms with van der Waals surface area (Å²) in [5, 5.41) is 0.349. The van der Waals surface area contributed by atoms with Crippen molar-refractivity contribution in [1.29, 1.82) is 0 Å². The first-order valence-corrected chi connectivity index (χ1v) is 7.50. The molecule has 0 bridgehead atoms. The Morgan fingerprint density at radius 3 is 2.11 bits per heavy atom. The average molecular weight is 326 g/mol. The molecule has 0 heterocycles. The molecular formula is C10H7KO6S2. The Hall–Kier alpha value is 0.156. The fourth-order valence-electron chi connectivity index (χ4n) is 1.60. The van der Waals surface area contributed by atoms with Gasteiger partial charge in [0.05, 0.1) is 9.79 Å². The van der Waals surface area contributed by atoms with Crippen molar-refractivity contribution < 1.29 is 77.3 Å². The van der Waals surface area contributed by atoms with Gasteiger partial charge in [0, 0.05) is 0 Å². The van der Waals surface area contributed by atoms with Gasteiger partial charge in [-0.2, -0.15) is 8.42 Å². The van der Waals surface area contributed by atoms with Gasteiger partial charge in [0.2, 0.25) is 0 Å². The van der Waals surface area contributed by atoms with Crippen LogP contribution in [0.15, 0.2) is 46.2 Å². The Kier molecular flexibility index (Phi) is 5.32. The zero-order valence-electron chi connectivity index (χ0n) is 9.77. The summed E-state index contributed by atoms with van der Waals surface area (Å²) in [5.74, 6) is 0. The number of hydrogen-bond donors (Lipinski definition) is 1. The second kappa shape index (κ2) is 5.88. The largest absolute Gasteiger partial charge is 1.00 e. The molecule has 0 aliphatic heterocycles. The van der Waals surface area contributed by atoms with Gasteiger partial charge in [-0.25, -0.2) is 8.42 Å². The van der Waals surface area contributed by atoms with Crippen molar-refractivity contribution in [1.82, 2.24) is 0 Å². The third-order valence-corrected chi connectivity index (χ3v) is 4.07. The molecule has 0 radical (unpaired) electrons. The van der Waals surface area contributed by atoms with Crippen molar-refractivity contribution in [2.24, 2.45) is 0 Å². The summed E-state index contributed by atoms with van der Waals surface area (Å²) in [5.41, 5.74) is 0. The third-order valence-electron chi connectivity index (χ3n) is 2.36. The molecule has 1 N–H and O–H groups in total. The van der Waals surface area contributed by atoms with Crippen LogP contribution < -0.4 is 51.4 Å². The Balaban J connectivity index is 0.00000180. The van der Waals surface area contributed by atoms with Crippen molar-refractivity contribution in [2.75, 3.05) is 0 Å². The van der Waals surface area contributed by atoms with Gasteiger partial charge in [-0.3, -0.25) is 4.55 Å². The molecule has 96 valence electrons. The van der Waals surface area contributed by atoms with Crippen molar-refractivity contribution >= 4 is 31.0 Å². The van der Waals surface area contributed by atoms with Gasteiger partial charge in [0.1, 0.15) is 10.1 Å². The Morgan fingerprint density at radius 1 is 1.00 bits per heavy atom. The third kappa shape index (κ3) is 3.83. The minimum Gasteiger partial charge on any atom is -0.744 e. The smallest absolute Gasteiger partial charge is 0.744 e. The van der Waals surface area contributed by atoms with Crippen LogP contribution >= 0.6 is 0 Å². The van der Waals surface area contributed by atoms with E-state index in [2.05, 4.69) is 0 Å². The summed E-state index contributed by atoms with van der Waals surface area (Å²) in [6.07, 6.45) is 0. The molecule has 0 unspecified atom stereocenters. The summed E-state index contributed by atoms with van der Waals surface area (Å²) in [6, 6.07) is 7.65. The number of benzene rings is 2. The monoisotopic (exact) mass is 326 g/mol. The van der Waals surface area contributed by atoms with Gasteiger partial charge in [0.15, 0.2) is 0 Å². The van der Waals surface area contributed by atoms with E-state index < -0.39 is 30.0 Å². The van der Waals surface area contributed by atoms with E-state index in [0.717, 1.165) is 6.07 Å². The van der Waals surface area contributed by atoms with Crippen LogP contribution in [0.4, 0.5) is 0 Å². The SMILES string of the molecule is O=S(=O)([O-])c1cc(S(=O)(=O)O)cc2ccccc12.[K+]. The fraction of sp³-hybridized carbons (Fsp3) is 0. The van der Waals surface area contributed by atoms with Crippen molar-refractivity contribution in [3.63, 3.8) is 0 Å². The maximum absolute atomic E-state index is 11.1. The normalized spacial score (nSPS) is 12.1. The number of rotatable bonds is 2. The van der Waals surface area contributed by atoms with E-state index in [1.54, 1.807) is 6.07 Å². The molecule has 19 heavy (non-hydrogen) atoms. The van der Waals surface area contributed by atoms with Gasteiger partial charge in [-0.15, -0.1) is 0 Å². The average Bonchev–Trinajstić information content (AvgIpc) is 2.25. The molecular weight excluding hydrogens is 319 g/mol. The first-order valence-electron chi connectivity index (χ1n) is 4.66. The zero-order valence-corrected chi connectivity index (χ0v) is 14.5. The van der Waals surface area contributed by atoms with E-state index in [4.69, 9.17) is 4.55 Å².